The van der Waals surface area contributed by atoms with E-state index in [2.05, 4.69) is 42.0 Å². The number of ether oxygens (including phenoxy) is 1. The molecule has 2 heterocycles. The lowest BCUT2D eigenvalue weighted by Crippen LogP contribution is -2.39. The molecule has 0 aromatic heterocycles. The van der Waals surface area contributed by atoms with Gasteiger partial charge in [-0.15, -0.1) is 0 Å². The van der Waals surface area contributed by atoms with Crippen LogP contribution in [0.5, 0.6) is 5.75 Å². The van der Waals surface area contributed by atoms with Crippen LogP contribution in [0.4, 0.5) is 24.5 Å². The zero-order valence-electron chi connectivity index (χ0n) is 19.7. The molecule has 0 N–H and O–H groups in total. The van der Waals surface area contributed by atoms with Crippen molar-refractivity contribution >= 4 is 17.1 Å². The van der Waals surface area contributed by atoms with Gasteiger partial charge >= 0.3 is 6.18 Å². The minimum atomic E-state index is -4.41. The molecule has 1 fully saturated rings. The lowest BCUT2D eigenvalue weighted by molar-refractivity contribution is -0.0620. The maximum atomic E-state index is 13.3. The first-order chi connectivity index (χ1) is 15.7. The van der Waals surface area contributed by atoms with E-state index in [1.165, 1.54) is 21.8 Å². The van der Waals surface area contributed by atoms with Crippen LogP contribution in [0.3, 0.4) is 0 Å². The Bertz CT molecular complexity index is 975. The molecule has 7 heteroatoms. The number of para-hydroxylation sites is 1. The third kappa shape index (κ3) is 4.82. The number of anilines is 2. The van der Waals surface area contributed by atoms with Crippen LogP contribution in [0.2, 0.25) is 0 Å². The van der Waals surface area contributed by atoms with Gasteiger partial charge in [0.05, 0.1) is 11.7 Å². The van der Waals surface area contributed by atoms with E-state index in [1.807, 2.05) is 19.1 Å². The zero-order valence-corrected chi connectivity index (χ0v) is 19.7. The van der Waals surface area contributed by atoms with Crippen LogP contribution in [0.25, 0.3) is 0 Å². The van der Waals surface area contributed by atoms with Crippen LogP contribution in [0, 0.1) is 19.8 Å². The largest absolute Gasteiger partial charge is 0.490 e. The molecule has 178 valence electrons. The molecule has 2 aliphatic heterocycles. The predicted octanol–water partition coefficient (Wildman–Crippen LogP) is 6.50. The first-order valence-corrected chi connectivity index (χ1v) is 11.7. The summed E-state index contributed by atoms with van der Waals surface area (Å²) in [7, 11) is 0. The molecule has 0 radical (unpaired) electrons. The summed E-state index contributed by atoms with van der Waals surface area (Å²) in [6.07, 6.45) is -1.84. The maximum absolute atomic E-state index is 13.3. The second kappa shape index (κ2) is 9.27. The predicted molar refractivity (Wildman–Crippen MR) is 127 cm³/mol. The van der Waals surface area contributed by atoms with Gasteiger partial charge in [-0.05, 0) is 55.7 Å². The van der Waals surface area contributed by atoms with E-state index in [4.69, 9.17) is 4.74 Å². The van der Waals surface area contributed by atoms with Crippen molar-refractivity contribution < 1.29 is 17.9 Å². The second-order valence-electron chi connectivity index (χ2n) is 9.13. The molecule has 2 aliphatic rings. The molecule has 0 bridgehead atoms. The maximum Gasteiger partial charge on any atom is 0.431 e. The van der Waals surface area contributed by atoms with Crippen molar-refractivity contribution in [1.29, 1.82) is 0 Å². The van der Waals surface area contributed by atoms with Gasteiger partial charge in [0.2, 0.25) is 0 Å². The number of hydrogen-bond donors (Lipinski definition) is 0. The highest BCUT2D eigenvalue weighted by atomic mass is 19.4. The molecule has 0 aliphatic carbocycles. The second-order valence-corrected chi connectivity index (χ2v) is 9.13. The minimum absolute atomic E-state index is 0.126. The van der Waals surface area contributed by atoms with E-state index in [1.54, 1.807) is 19.1 Å². The molecule has 4 rings (SSSR count). The van der Waals surface area contributed by atoms with E-state index in [9.17, 15) is 13.2 Å². The molecule has 1 saturated heterocycles. The lowest BCUT2D eigenvalue weighted by Gasteiger charge is -2.35. The monoisotopic (exact) mass is 459 g/mol. The molecule has 4 nitrogen and oxygen atoms in total. The molecule has 2 aromatic carbocycles. The number of halogens is 3. The number of benzene rings is 2. The Hall–Kier alpha value is -2.70. The van der Waals surface area contributed by atoms with E-state index in [-0.39, 0.29) is 12.1 Å². The highest BCUT2D eigenvalue weighted by molar-refractivity contribution is 5.95. The Labute approximate surface area is 194 Å². The van der Waals surface area contributed by atoms with Crippen LogP contribution in [-0.4, -0.2) is 37.1 Å². The summed E-state index contributed by atoms with van der Waals surface area (Å²) < 4.78 is 46.2. The molecule has 33 heavy (non-hydrogen) atoms. The van der Waals surface area contributed by atoms with Gasteiger partial charge in [0, 0.05) is 37.5 Å². The first kappa shape index (κ1) is 23.5. The fourth-order valence-corrected chi connectivity index (χ4v) is 5.14. The van der Waals surface area contributed by atoms with Crippen LogP contribution in [0.15, 0.2) is 47.6 Å². The average Bonchev–Trinajstić information content (AvgIpc) is 3.12. The highest BCUT2D eigenvalue weighted by Gasteiger charge is 2.47. The van der Waals surface area contributed by atoms with E-state index < -0.39 is 17.8 Å². The topological polar surface area (TPSA) is 28.1 Å². The molecule has 2 aromatic rings. The van der Waals surface area contributed by atoms with Gasteiger partial charge < -0.3 is 9.64 Å². The first-order valence-electron chi connectivity index (χ1n) is 11.7. The van der Waals surface area contributed by atoms with Gasteiger partial charge in [0.25, 0.3) is 0 Å². The van der Waals surface area contributed by atoms with Crippen molar-refractivity contribution in [2.45, 2.75) is 65.3 Å². The normalized spacial score (nSPS) is 22.0. The van der Waals surface area contributed by atoms with Crippen molar-refractivity contribution in [2.24, 2.45) is 11.0 Å². The summed E-state index contributed by atoms with van der Waals surface area (Å²) in [5, 5.41) is 5.45. The number of alkyl halides is 3. The number of nitrogens with zero attached hydrogens (tertiary/aromatic N) is 3. The summed E-state index contributed by atoms with van der Waals surface area (Å²) in [4.78, 5) is 2.43. The Morgan fingerprint density at radius 2 is 1.61 bits per heavy atom. The fourth-order valence-electron chi connectivity index (χ4n) is 5.14. The molecule has 0 amide bonds. The number of hydrogen-bond acceptors (Lipinski definition) is 4. The lowest BCUT2D eigenvalue weighted by atomic mass is 9.95. The number of aryl methyl sites for hydroxylation is 2. The summed E-state index contributed by atoms with van der Waals surface area (Å²) in [5.74, 6) is 0.0811. The quantitative estimate of drug-likeness (QED) is 0.511. The number of piperidine rings is 1. The van der Waals surface area contributed by atoms with Gasteiger partial charge in [-0.25, -0.2) is 0 Å². The highest BCUT2D eigenvalue weighted by Crippen LogP contribution is 2.37. The average molecular weight is 460 g/mol. The number of hydrazone groups is 1. The Morgan fingerprint density at radius 1 is 1.00 bits per heavy atom. The molecule has 0 saturated carbocycles. The SMILES string of the molecule is CC[C@H]1C(C)C(C(F)(F)F)=NN1c1ccc(OC2CCN(c3c(C)cccc3C)CC2)cc1. The van der Waals surface area contributed by atoms with Crippen LogP contribution in [-0.2, 0) is 0 Å². The van der Waals surface area contributed by atoms with Crippen LogP contribution >= 0.6 is 0 Å². The molecule has 2 atom stereocenters. The number of rotatable bonds is 5. The van der Waals surface area contributed by atoms with E-state index in [0.29, 0.717) is 12.1 Å². The molecule has 0 spiro atoms. The van der Waals surface area contributed by atoms with Crippen molar-refractivity contribution in [3.05, 3.63) is 53.6 Å². The van der Waals surface area contributed by atoms with Crippen molar-refractivity contribution in [3.63, 3.8) is 0 Å². The Kier molecular flexibility index (Phi) is 6.59. The summed E-state index contributed by atoms with van der Waals surface area (Å²) >= 11 is 0. The van der Waals surface area contributed by atoms with Crippen LogP contribution < -0.4 is 14.6 Å². The summed E-state index contributed by atoms with van der Waals surface area (Å²) in [5.41, 5.74) is 3.87. The van der Waals surface area contributed by atoms with Gasteiger partial charge in [0.15, 0.2) is 0 Å². The van der Waals surface area contributed by atoms with Gasteiger partial charge in [0.1, 0.15) is 17.6 Å². The minimum Gasteiger partial charge on any atom is -0.490 e. The van der Waals surface area contributed by atoms with Crippen molar-refractivity contribution in [3.8, 4) is 5.75 Å². The summed E-state index contributed by atoms with van der Waals surface area (Å²) in [6, 6.07) is 13.4. The summed E-state index contributed by atoms with van der Waals surface area (Å²) in [6.45, 7) is 9.67. The van der Waals surface area contributed by atoms with Crippen molar-refractivity contribution in [2.75, 3.05) is 23.0 Å². The van der Waals surface area contributed by atoms with Gasteiger partial charge in [-0.1, -0.05) is 32.0 Å². The fraction of sp³-hybridized carbons (Fsp3) is 0.500. The third-order valence-corrected chi connectivity index (χ3v) is 6.85. The molecular weight excluding hydrogens is 427 g/mol. The van der Waals surface area contributed by atoms with Gasteiger partial charge in [-0.2, -0.15) is 18.3 Å². The smallest absolute Gasteiger partial charge is 0.431 e. The molecule has 1 unspecified atom stereocenters. The van der Waals surface area contributed by atoms with Crippen LogP contribution in [0.1, 0.15) is 44.2 Å². The Balaban J connectivity index is 1.39. The molecular formula is C26H32F3N3O. The van der Waals surface area contributed by atoms with Gasteiger partial charge in [-0.3, -0.25) is 5.01 Å². The Morgan fingerprint density at radius 3 is 2.15 bits per heavy atom. The van der Waals surface area contributed by atoms with E-state index in [0.717, 1.165) is 31.7 Å². The zero-order chi connectivity index (χ0) is 23.8. The standard InChI is InChI=1S/C26H32F3N3O/c1-5-23-19(4)25(26(27,28)29)30-32(23)20-9-11-21(12-10-20)33-22-13-15-31(16-14-22)24-17(2)7-6-8-18(24)3/h6-12,19,22-23H,5,13-16H2,1-4H3/t19?,23-/m0/s1. The van der Waals surface area contributed by atoms with Crippen molar-refractivity contribution in [1.82, 2.24) is 0 Å². The third-order valence-electron chi connectivity index (χ3n) is 6.85. The van der Waals surface area contributed by atoms with E-state index >= 15 is 0 Å².